The van der Waals surface area contributed by atoms with Crippen LogP contribution in [0.3, 0.4) is 0 Å². The van der Waals surface area contributed by atoms with Gasteiger partial charge in [0.25, 0.3) is 0 Å². The fourth-order valence-corrected chi connectivity index (χ4v) is 3.46. The van der Waals surface area contributed by atoms with E-state index in [0.717, 1.165) is 25.0 Å². The number of amides is 1. The molecule has 1 aromatic rings. The average molecular weight is 357 g/mol. The van der Waals surface area contributed by atoms with Gasteiger partial charge in [0.15, 0.2) is 0 Å². The summed E-state index contributed by atoms with van der Waals surface area (Å²) < 4.78 is 44.1. The van der Waals surface area contributed by atoms with Crippen molar-refractivity contribution in [3.8, 4) is 0 Å². The Morgan fingerprint density at radius 2 is 1.96 bits per heavy atom. The van der Waals surface area contributed by atoms with Gasteiger partial charge < -0.3 is 9.64 Å². The van der Waals surface area contributed by atoms with Crippen LogP contribution in [0, 0.1) is 5.41 Å². The maximum atomic E-state index is 12.9. The number of halogens is 3. The normalized spacial score (nSPS) is 18.9. The second kappa shape index (κ2) is 7.77. The SMILES string of the molecule is CCC(C(=O)N1CCC(C)(COC)CC1)c1cccc(C(F)(F)F)c1. The molecule has 140 valence electrons. The number of piperidine rings is 1. The molecule has 1 unspecified atom stereocenters. The number of methoxy groups -OCH3 is 1. The summed E-state index contributed by atoms with van der Waals surface area (Å²) in [6, 6.07) is 5.13. The molecule has 1 fully saturated rings. The molecule has 0 N–H and O–H groups in total. The van der Waals surface area contributed by atoms with Crippen molar-refractivity contribution in [3.63, 3.8) is 0 Å². The summed E-state index contributed by atoms with van der Waals surface area (Å²) in [5, 5.41) is 0. The number of carbonyl (C=O) groups excluding carboxylic acids is 1. The maximum absolute atomic E-state index is 12.9. The average Bonchev–Trinajstić information content (AvgIpc) is 2.55. The van der Waals surface area contributed by atoms with Crippen molar-refractivity contribution in [1.29, 1.82) is 0 Å². The Bertz CT molecular complexity index is 593. The van der Waals surface area contributed by atoms with Gasteiger partial charge in [-0.2, -0.15) is 13.2 Å². The van der Waals surface area contributed by atoms with Gasteiger partial charge in [0.1, 0.15) is 0 Å². The van der Waals surface area contributed by atoms with E-state index in [0.29, 0.717) is 31.7 Å². The van der Waals surface area contributed by atoms with Gasteiger partial charge in [-0.05, 0) is 36.3 Å². The van der Waals surface area contributed by atoms with Crippen LogP contribution in [0.5, 0.6) is 0 Å². The van der Waals surface area contributed by atoms with Crippen LogP contribution < -0.4 is 0 Å². The molecular weight excluding hydrogens is 331 g/mol. The van der Waals surface area contributed by atoms with E-state index >= 15 is 0 Å². The molecule has 2 rings (SSSR count). The predicted octanol–water partition coefficient (Wildman–Crippen LogP) is 4.47. The second-order valence-corrected chi connectivity index (χ2v) is 7.15. The monoisotopic (exact) mass is 357 g/mol. The molecule has 25 heavy (non-hydrogen) atoms. The van der Waals surface area contributed by atoms with Gasteiger partial charge in [0, 0.05) is 20.2 Å². The number of nitrogens with zero attached hydrogens (tertiary/aromatic N) is 1. The van der Waals surface area contributed by atoms with Gasteiger partial charge in [-0.15, -0.1) is 0 Å². The number of ether oxygens (including phenoxy) is 1. The number of benzene rings is 1. The molecule has 1 amide bonds. The van der Waals surface area contributed by atoms with Crippen molar-refractivity contribution >= 4 is 5.91 Å². The van der Waals surface area contributed by atoms with Gasteiger partial charge in [0.05, 0.1) is 18.1 Å². The predicted molar refractivity (Wildman–Crippen MR) is 90.3 cm³/mol. The molecule has 1 aliphatic rings. The van der Waals surface area contributed by atoms with E-state index in [-0.39, 0.29) is 11.3 Å². The van der Waals surface area contributed by atoms with E-state index in [9.17, 15) is 18.0 Å². The molecule has 0 bridgehead atoms. The van der Waals surface area contributed by atoms with Crippen LogP contribution in [0.4, 0.5) is 13.2 Å². The highest BCUT2D eigenvalue weighted by molar-refractivity contribution is 5.83. The highest BCUT2D eigenvalue weighted by atomic mass is 19.4. The summed E-state index contributed by atoms with van der Waals surface area (Å²) in [6.07, 6.45) is -2.24. The summed E-state index contributed by atoms with van der Waals surface area (Å²) in [4.78, 5) is 14.7. The van der Waals surface area contributed by atoms with Crippen molar-refractivity contribution in [2.45, 2.75) is 45.2 Å². The van der Waals surface area contributed by atoms with E-state index in [1.807, 2.05) is 6.92 Å². The summed E-state index contributed by atoms with van der Waals surface area (Å²) in [5.74, 6) is -0.615. The first-order valence-corrected chi connectivity index (χ1v) is 8.65. The second-order valence-electron chi connectivity index (χ2n) is 7.15. The third-order valence-electron chi connectivity index (χ3n) is 5.10. The largest absolute Gasteiger partial charge is 0.416 e. The lowest BCUT2D eigenvalue weighted by atomic mass is 9.80. The molecule has 6 heteroatoms. The van der Waals surface area contributed by atoms with E-state index in [2.05, 4.69) is 6.92 Å². The first-order chi connectivity index (χ1) is 11.7. The highest BCUT2D eigenvalue weighted by Crippen LogP contribution is 2.35. The van der Waals surface area contributed by atoms with E-state index in [1.165, 1.54) is 6.07 Å². The summed E-state index contributed by atoms with van der Waals surface area (Å²) in [7, 11) is 1.67. The molecular formula is C19H26F3NO2. The standard InChI is InChI=1S/C19H26F3NO2/c1-4-16(14-6-5-7-15(12-14)19(20,21)22)17(24)23-10-8-18(2,9-11-23)13-25-3/h5-7,12,16H,4,8-11,13H2,1-3H3. The van der Waals surface area contributed by atoms with Crippen LogP contribution in [-0.2, 0) is 15.7 Å². The van der Waals surface area contributed by atoms with E-state index in [1.54, 1.807) is 18.1 Å². The van der Waals surface area contributed by atoms with Crippen LogP contribution in [0.25, 0.3) is 0 Å². The molecule has 0 radical (unpaired) electrons. The Balaban J connectivity index is 2.12. The first kappa shape index (κ1) is 19.8. The van der Waals surface area contributed by atoms with Crippen LogP contribution in [0.15, 0.2) is 24.3 Å². The third-order valence-corrected chi connectivity index (χ3v) is 5.10. The van der Waals surface area contributed by atoms with Gasteiger partial charge in [-0.3, -0.25) is 4.79 Å². The van der Waals surface area contributed by atoms with Gasteiger partial charge in [-0.25, -0.2) is 0 Å². The number of alkyl halides is 3. The molecule has 0 aliphatic carbocycles. The lowest BCUT2D eigenvalue weighted by Gasteiger charge is -2.40. The van der Waals surface area contributed by atoms with Gasteiger partial charge >= 0.3 is 6.18 Å². The van der Waals surface area contributed by atoms with Crippen molar-refractivity contribution in [2.75, 3.05) is 26.8 Å². The minimum Gasteiger partial charge on any atom is -0.384 e. The number of likely N-dealkylation sites (tertiary alicyclic amines) is 1. The first-order valence-electron chi connectivity index (χ1n) is 8.65. The molecule has 0 saturated carbocycles. The van der Waals surface area contributed by atoms with Crippen LogP contribution in [0.1, 0.15) is 50.2 Å². The van der Waals surface area contributed by atoms with E-state index in [4.69, 9.17) is 4.74 Å². The zero-order valence-electron chi connectivity index (χ0n) is 15.0. The minimum absolute atomic E-state index is 0.0590. The van der Waals surface area contributed by atoms with Gasteiger partial charge in [0.2, 0.25) is 5.91 Å². The Kier molecular flexibility index (Phi) is 6.14. The molecule has 0 spiro atoms. The summed E-state index contributed by atoms with van der Waals surface area (Å²) >= 11 is 0. The Hall–Kier alpha value is -1.56. The highest BCUT2D eigenvalue weighted by Gasteiger charge is 2.35. The van der Waals surface area contributed by atoms with Crippen molar-refractivity contribution < 1.29 is 22.7 Å². The van der Waals surface area contributed by atoms with Crippen molar-refractivity contribution in [1.82, 2.24) is 4.90 Å². The molecule has 1 aliphatic heterocycles. The van der Waals surface area contributed by atoms with E-state index < -0.39 is 17.7 Å². The topological polar surface area (TPSA) is 29.5 Å². The smallest absolute Gasteiger partial charge is 0.384 e. The Morgan fingerprint density at radius 1 is 1.32 bits per heavy atom. The van der Waals surface area contributed by atoms with Crippen LogP contribution in [0.2, 0.25) is 0 Å². The third kappa shape index (κ3) is 4.75. The number of hydrogen-bond donors (Lipinski definition) is 0. The molecule has 0 aromatic heterocycles. The fraction of sp³-hybridized carbons (Fsp3) is 0.632. The molecule has 1 heterocycles. The lowest BCUT2D eigenvalue weighted by Crippen LogP contribution is -2.45. The summed E-state index contributed by atoms with van der Waals surface area (Å²) in [5.41, 5.74) is -0.209. The maximum Gasteiger partial charge on any atom is 0.416 e. The zero-order chi connectivity index (χ0) is 18.7. The molecule has 1 atom stereocenters. The summed E-state index contributed by atoms with van der Waals surface area (Å²) in [6.45, 7) is 5.87. The Labute approximate surface area is 147 Å². The number of rotatable bonds is 5. The zero-order valence-corrected chi connectivity index (χ0v) is 15.0. The number of carbonyl (C=O) groups is 1. The number of hydrogen-bond acceptors (Lipinski definition) is 2. The molecule has 1 aromatic carbocycles. The van der Waals surface area contributed by atoms with Gasteiger partial charge in [-0.1, -0.05) is 32.0 Å². The Morgan fingerprint density at radius 3 is 2.48 bits per heavy atom. The molecule has 3 nitrogen and oxygen atoms in total. The fourth-order valence-electron chi connectivity index (χ4n) is 3.46. The quantitative estimate of drug-likeness (QED) is 0.778. The van der Waals surface area contributed by atoms with Crippen molar-refractivity contribution in [3.05, 3.63) is 35.4 Å². The minimum atomic E-state index is -4.40. The van der Waals surface area contributed by atoms with Crippen molar-refractivity contribution in [2.24, 2.45) is 5.41 Å². The lowest BCUT2D eigenvalue weighted by molar-refractivity contribution is -0.138. The molecule has 1 saturated heterocycles. The van der Waals surface area contributed by atoms with Crippen LogP contribution >= 0.6 is 0 Å². The van der Waals surface area contributed by atoms with Crippen LogP contribution in [-0.4, -0.2) is 37.6 Å².